The molecule has 166 valence electrons. The smallest absolute Gasteiger partial charge is 0.307 e. The van der Waals surface area contributed by atoms with Crippen molar-refractivity contribution in [1.29, 1.82) is 0 Å². The first-order valence-electron chi connectivity index (χ1n) is 11.6. The fraction of sp³-hybridized carbons (Fsp3) is 0.360. The third-order valence-electron chi connectivity index (χ3n) is 8.51. The average Bonchev–Trinajstić information content (AvgIpc) is 3.36. The number of rotatable bonds is 4. The number of benzene rings is 2. The summed E-state index contributed by atoms with van der Waals surface area (Å²) in [7, 11) is 0. The lowest BCUT2D eigenvalue weighted by atomic mass is 9.59. The molecule has 0 aromatic heterocycles. The number of nitrogens with one attached hydrogen (secondary N) is 4. The molecular weight excluding hydrogens is 416 g/mol. The van der Waals surface area contributed by atoms with E-state index >= 15 is 0 Å². The van der Waals surface area contributed by atoms with E-state index in [0.29, 0.717) is 47.3 Å². The molecule has 0 unspecified atom stereocenters. The second-order valence-corrected chi connectivity index (χ2v) is 9.76. The highest BCUT2D eigenvalue weighted by Crippen LogP contribution is 2.80. The Morgan fingerprint density at radius 2 is 1.06 bits per heavy atom. The second-order valence-electron chi connectivity index (χ2n) is 9.76. The number of hydrogen-bond donors (Lipinski definition) is 4. The van der Waals surface area contributed by atoms with Crippen molar-refractivity contribution in [3.8, 4) is 0 Å². The zero-order chi connectivity index (χ0) is 22.1. The highest BCUT2D eigenvalue weighted by Gasteiger charge is 2.82. The molecule has 8 nitrogen and oxygen atoms in total. The van der Waals surface area contributed by atoms with Gasteiger partial charge in [0, 0.05) is 46.5 Å². The lowest BCUT2D eigenvalue weighted by molar-refractivity contribution is 0.0654. The molecule has 5 fully saturated rings. The zero-order valence-corrected chi connectivity index (χ0v) is 17.8. The molecule has 2 aromatic rings. The number of carbonyl (C=O) groups is 2. The van der Waals surface area contributed by atoms with Gasteiger partial charge in [0.15, 0.2) is 0 Å². The highest BCUT2D eigenvalue weighted by atomic mass is 16.2. The number of para-hydroxylation sites is 2. The first kappa shape index (κ1) is 18.8. The van der Waals surface area contributed by atoms with E-state index in [2.05, 4.69) is 31.7 Å². The molecule has 5 saturated carbocycles. The Morgan fingerprint density at radius 3 is 1.48 bits per heavy atom. The lowest BCUT2D eigenvalue weighted by Crippen LogP contribution is -2.49. The van der Waals surface area contributed by atoms with Crippen molar-refractivity contribution < 1.29 is 9.59 Å². The van der Waals surface area contributed by atoms with E-state index in [1.165, 1.54) is 6.42 Å². The van der Waals surface area contributed by atoms with Crippen LogP contribution >= 0.6 is 0 Å². The standard InChI is InChI=1S/C25H24N6O2/c32-24(26-12-7-3-1-4-8-12)30-28-22-18-14-11-15-17-16(14)20(22)21(17)23(19(15)18)29-31-25(33)27-13-9-5-2-6-10-13/h1-10,14-21H,11H2,(H2,26,30,32)(H2,27,31,33)/b28-22-,29-23-/t14-,15-,16-,17+,18-,19-,20-,21+/m0/s1. The van der Waals surface area contributed by atoms with Crippen LogP contribution in [0.1, 0.15) is 6.42 Å². The maximum absolute atomic E-state index is 12.3. The predicted molar refractivity (Wildman–Crippen MR) is 125 cm³/mol. The number of hydrogen-bond acceptors (Lipinski definition) is 4. The Kier molecular flexibility index (Phi) is 3.95. The molecular formula is C25H24N6O2. The maximum atomic E-state index is 12.3. The number of carbonyl (C=O) groups excluding carboxylic acids is 2. The summed E-state index contributed by atoms with van der Waals surface area (Å²) >= 11 is 0. The largest absolute Gasteiger partial charge is 0.339 e. The molecule has 2 bridgehead atoms. The van der Waals surface area contributed by atoms with Crippen molar-refractivity contribution in [2.45, 2.75) is 6.42 Å². The van der Waals surface area contributed by atoms with Crippen LogP contribution in [-0.2, 0) is 0 Å². The van der Waals surface area contributed by atoms with E-state index in [1.54, 1.807) is 0 Å². The van der Waals surface area contributed by atoms with Crippen LogP contribution in [0.15, 0.2) is 70.9 Å². The number of nitrogens with zero attached hydrogens (tertiary/aromatic N) is 2. The van der Waals surface area contributed by atoms with Crippen LogP contribution in [0.4, 0.5) is 21.0 Å². The average molecular weight is 441 g/mol. The van der Waals surface area contributed by atoms with Gasteiger partial charge < -0.3 is 10.6 Å². The van der Waals surface area contributed by atoms with Gasteiger partial charge in [0.2, 0.25) is 0 Å². The third kappa shape index (κ3) is 2.63. The SMILES string of the molecule is O=C(N/N=C1\[C@@H]2[C@@H]3/C(=N\NC(=O)Nc4ccccc4)[C@H]4[C@H]5C[C@H]([C@H]14)[C@H]2[C@@H]53)Nc1ccccc1. The molecule has 5 aliphatic rings. The number of anilines is 2. The normalized spacial score (nSPS) is 37.9. The van der Waals surface area contributed by atoms with Crippen LogP contribution in [0.3, 0.4) is 0 Å². The van der Waals surface area contributed by atoms with Crippen LogP contribution in [0.5, 0.6) is 0 Å². The number of hydrazone groups is 2. The van der Waals surface area contributed by atoms with E-state index in [4.69, 9.17) is 0 Å². The first-order chi connectivity index (χ1) is 16.2. The summed E-state index contributed by atoms with van der Waals surface area (Å²) in [4.78, 5) is 24.7. The predicted octanol–water partition coefficient (Wildman–Crippen LogP) is 3.73. The third-order valence-corrected chi connectivity index (χ3v) is 8.51. The van der Waals surface area contributed by atoms with Gasteiger partial charge in [-0.25, -0.2) is 20.4 Å². The van der Waals surface area contributed by atoms with Crippen LogP contribution in [0.2, 0.25) is 0 Å². The summed E-state index contributed by atoms with van der Waals surface area (Å²) in [5.74, 6) is 4.02. The van der Waals surface area contributed by atoms with Gasteiger partial charge in [-0.1, -0.05) is 36.4 Å². The molecule has 7 rings (SSSR count). The summed E-state index contributed by atoms with van der Waals surface area (Å²) < 4.78 is 0. The van der Waals surface area contributed by atoms with E-state index in [-0.39, 0.29) is 12.1 Å². The Labute approximate surface area is 190 Å². The van der Waals surface area contributed by atoms with Crippen molar-refractivity contribution in [2.24, 2.45) is 57.5 Å². The Bertz CT molecular complexity index is 1100. The second kappa shape index (κ2) is 6.91. The van der Waals surface area contributed by atoms with Gasteiger partial charge in [0.1, 0.15) is 0 Å². The Morgan fingerprint density at radius 1 is 0.636 bits per heavy atom. The quantitative estimate of drug-likeness (QED) is 0.544. The first-order valence-corrected chi connectivity index (χ1v) is 11.6. The molecule has 0 spiro atoms. The minimum atomic E-state index is -0.319. The van der Waals surface area contributed by atoms with Crippen molar-refractivity contribution in [3.63, 3.8) is 0 Å². The summed E-state index contributed by atoms with van der Waals surface area (Å²) in [6.07, 6.45) is 1.22. The minimum Gasteiger partial charge on any atom is -0.307 e. The Hall–Kier alpha value is -3.68. The summed E-state index contributed by atoms with van der Waals surface area (Å²) in [5.41, 5.74) is 9.23. The highest BCUT2D eigenvalue weighted by molar-refractivity contribution is 6.11. The maximum Gasteiger partial charge on any atom is 0.339 e. The monoisotopic (exact) mass is 440 g/mol. The topological polar surface area (TPSA) is 107 Å². The van der Waals surface area contributed by atoms with E-state index in [1.807, 2.05) is 60.7 Å². The van der Waals surface area contributed by atoms with Gasteiger partial charge in [-0.3, -0.25) is 0 Å². The summed E-state index contributed by atoms with van der Waals surface area (Å²) in [6.45, 7) is 0. The molecule has 8 atom stereocenters. The van der Waals surface area contributed by atoms with Crippen molar-refractivity contribution in [2.75, 3.05) is 10.6 Å². The summed E-state index contributed by atoms with van der Waals surface area (Å²) in [5, 5.41) is 14.9. The molecule has 33 heavy (non-hydrogen) atoms. The molecule has 8 heteroatoms. The van der Waals surface area contributed by atoms with Gasteiger partial charge in [-0.05, 0) is 54.4 Å². The van der Waals surface area contributed by atoms with Crippen LogP contribution in [0, 0.1) is 47.3 Å². The van der Waals surface area contributed by atoms with E-state index < -0.39 is 0 Å². The van der Waals surface area contributed by atoms with Gasteiger partial charge in [-0.2, -0.15) is 10.2 Å². The van der Waals surface area contributed by atoms with Gasteiger partial charge in [-0.15, -0.1) is 0 Å². The molecule has 2 aromatic carbocycles. The fourth-order valence-electron chi connectivity index (χ4n) is 7.75. The van der Waals surface area contributed by atoms with Crippen molar-refractivity contribution in [3.05, 3.63) is 60.7 Å². The molecule has 0 heterocycles. The van der Waals surface area contributed by atoms with Crippen LogP contribution in [-0.4, -0.2) is 23.5 Å². The van der Waals surface area contributed by atoms with Crippen LogP contribution in [0.25, 0.3) is 0 Å². The molecule has 0 aliphatic heterocycles. The van der Waals surface area contributed by atoms with Crippen molar-refractivity contribution in [1.82, 2.24) is 10.9 Å². The number of amides is 4. The lowest BCUT2D eigenvalue weighted by Gasteiger charge is -2.44. The van der Waals surface area contributed by atoms with Crippen molar-refractivity contribution >= 4 is 34.9 Å². The summed E-state index contributed by atoms with van der Waals surface area (Å²) in [6, 6.07) is 18.1. The van der Waals surface area contributed by atoms with E-state index in [9.17, 15) is 9.59 Å². The zero-order valence-electron chi connectivity index (χ0n) is 17.8. The Balaban J connectivity index is 1.07. The number of fused-ring (bicyclic) bond motifs is 2. The van der Waals surface area contributed by atoms with Gasteiger partial charge >= 0.3 is 12.1 Å². The van der Waals surface area contributed by atoms with E-state index in [0.717, 1.165) is 22.8 Å². The molecule has 5 aliphatic carbocycles. The van der Waals surface area contributed by atoms with Gasteiger partial charge in [0.05, 0.1) is 0 Å². The molecule has 0 radical (unpaired) electrons. The van der Waals surface area contributed by atoms with Gasteiger partial charge in [0.25, 0.3) is 0 Å². The number of urea groups is 2. The molecule has 4 amide bonds. The fourth-order valence-corrected chi connectivity index (χ4v) is 7.75. The minimum absolute atomic E-state index is 0.319. The molecule has 0 saturated heterocycles. The molecule has 4 N–H and O–H groups in total. The van der Waals surface area contributed by atoms with Crippen LogP contribution < -0.4 is 21.5 Å².